The van der Waals surface area contributed by atoms with Gasteiger partial charge in [0.05, 0.1) is 0 Å². The van der Waals surface area contributed by atoms with E-state index in [1.807, 2.05) is 38.1 Å². The quantitative estimate of drug-likeness (QED) is 0.784. The van der Waals surface area contributed by atoms with Crippen LogP contribution in [0.25, 0.3) is 0 Å². The fourth-order valence-electron chi connectivity index (χ4n) is 1.36. The van der Waals surface area contributed by atoms with E-state index in [4.69, 9.17) is 20.8 Å². The molecule has 0 aliphatic carbocycles. The maximum Gasteiger partial charge on any atom is 0.256 e. The summed E-state index contributed by atoms with van der Waals surface area (Å²) in [6.07, 6.45) is -0.290. The lowest BCUT2D eigenvalue weighted by Crippen LogP contribution is -2.03. The lowest BCUT2D eigenvalue weighted by molar-refractivity contribution is 0.186. The Hall–Kier alpha value is -1.55. The number of ether oxygens (including phenoxy) is 1. The average Bonchev–Trinajstić information content (AvgIpc) is 2.81. The zero-order valence-electron chi connectivity index (χ0n) is 9.68. The van der Waals surface area contributed by atoms with Gasteiger partial charge in [-0.15, -0.1) is 21.8 Å². The van der Waals surface area contributed by atoms with Crippen LogP contribution in [0.5, 0.6) is 5.75 Å². The molecule has 5 heteroatoms. The van der Waals surface area contributed by atoms with E-state index in [1.165, 1.54) is 5.56 Å². The van der Waals surface area contributed by atoms with Crippen LogP contribution in [0.4, 0.5) is 0 Å². The van der Waals surface area contributed by atoms with Gasteiger partial charge in [0, 0.05) is 0 Å². The molecule has 0 amide bonds. The second-order valence-corrected chi connectivity index (χ2v) is 4.01. The summed E-state index contributed by atoms with van der Waals surface area (Å²) in [6.45, 7) is 3.88. The Balaban J connectivity index is 2.05. The summed E-state index contributed by atoms with van der Waals surface area (Å²) in [6, 6.07) is 7.79. The molecule has 0 saturated heterocycles. The van der Waals surface area contributed by atoms with Crippen molar-refractivity contribution in [1.82, 2.24) is 10.2 Å². The van der Waals surface area contributed by atoms with Crippen molar-refractivity contribution in [1.29, 1.82) is 0 Å². The normalized spacial score (nSPS) is 12.4. The Morgan fingerprint density at radius 3 is 2.59 bits per heavy atom. The van der Waals surface area contributed by atoms with Crippen LogP contribution in [-0.2, 0) is 5.88 Å². The van der Waals surface area contributed by atoms with Crippen molar-refractivity contribution in [3.63, 3.8) is 0 Å². The Morgan fingerprint density at radius 2 is 2.00 bits per heavy atom. The predicted octanol–water partition coefficient (Wildman–Crippen LogP) is 3.26. The minimum absolute atomic E-state index is 0.213. The number of hydrogen-bond donors (Lipinski definition) is 0. The van der Waals surface area contributed by atoms with Crippen molar-refractivity contribution in [3.05, 3.63) is 41.6 Å². The van der Waals surface area contributed by atoms with E-state index in [2.05, 4.69) is 10.2 Å². The lowest BCUT2D eigenvalue weighted by Gasteiger charge is -2.10. The molecule has 1 atom stereocenters. The van der Waals surface area contributed by atoms with Crippen molar-refractivity contribution in [2.75, 3.05) is 0 Å². The van der Waals surface area contributed by atoms with E-state index in [0.29, 0.717) is 11.8 Å². The van der Waals surface area contributed by atoms with E-state index < -0.39 is 0 Å². The van der Waals surface area contributed by atoms with Gasteiger partial charge >= 0.3 is 0 Å². The van der Waals surface area contributed by atoms with Crippen LogP contribution in [-0.4, -0.2) is 10.2 Å². The van der Waals surface area contributed by atoms with Gasteiger partial charge in [-0.2, -0.15) is 0 Å². The molecule has 1 aromatic carbocycles. The molecule has 17 heavy (non-hydrogen) atoms. The van der Waals surface area contributed by atoms with E-state index in [0.717, 1.165) is 5.75 Å². The van der Waals surface area contributed by atoms with Gasteiger partial charge < -0.3 is 9.15 Å². The zero-order chi connectivity index (χ0) is 12.3. The molecule has 0 aliphatic heterocycles. The zero-order valence-corrected chi connectivity index (χ0v) is 10.4. The first kappa shape index (κ1) is 11.9. The topological polar surface area (TPSA) is 48.2 Å². The smallest absolute Gasteiger partial charge is 0.256 e. The van der Waals surface area contributed by atoms with E-state index in [9.17, 15) is 0 Å². The van der Waals surface area contributed by atoms with Crippen LogP contribution in [0, 0.1) is 6.92 Å². The van der Waals surface area contributed by atoms with Gasteiger partial charge in [-0.3, -0.25) is 0 Å². The number of nitrogens with zero attached hydrogens (tertiary/aromatic N) is 2. The molecule has 1 heterocycles. The van der Waals surface area contributed by atoms with Crippen LogP contribution in [0.2, 0.25) is 0 Å². The molecule has 0 saturated carbocycles. The van der Waals surface area contributed by atoms with Crippen molar-refractivity contribution in [3.8, 4) is 5.75 Å². The third-order valence-corrected chi connectivity index (χ3v) is 2.51. The lowest BCUT2D eigenvalue weighted by atomic mass is 10.2. The molecule has 0 fully saturated rings. The summed E-state index contributed by atoms with van der Waals surface area (Å²) >= 11 is 5.59. The van der Waals surface area contributed by atoms with Crippen molar-refractivity contribution in [2.45, 2.75) is 25.8 Å². The van der Waals surface area contributed by atoms with Crippen molar-refractivity contribution < 1.29 is 9.15 Å². The summed E-state index contributed by atoms with van der Waals surface area (Å²) in [5.74, 6) is 1.82. The van der Waals surface area contributed by atoms with Crippen LogP contribution in [0.1, 0.15) is 30.4 Å². The average molecular weight is 253 g/mol. The number of halogens is 1. The molecule has 0 N–H and O–H groups in total. The van der Waals surface area contributed by atoms with Gasteiger partial charge in [-0.1, -0.05) is 17.7 Å². The molecule has 1 unspecified atom stereocenters. The summed E-state index contributed by atoms with van der Waals surface area (Å²) in [7, 11) is 0. The van der Waals surface area contributed by atoms with Crippen LogP contribution in [0.3, 0.4) is 0 Å². The largest absolute Gasteiger partial charge is 0.481 e. The SMILES string of the molecule is Cc1ccc(OC(C)c2nnc(CCl)o2)cc1. The van der Waals surface area contributed by atoms with E-state index in [-0.39, 0.29) is 12.0 Å². The van der Waals surface area contributed by atoms with Crippen LogP contribution < -0.4 is 4.74 Å². The van der Waals surface area contributed by atoms with Gasteiger partial charge in [-0.05, 0) is 26.0 Å². The fraction of sp³-hybridized carbons (Fsp3) is 0.333. The highest BCUT2D eigenvalue weighted by molar-refractivity contribution is 6.16. The second kappa shape index (κ2) is 5.19. The van der Waals surface area contributed by atoms with Crippen molar-refractivity contribution in [2.24, 2.45) is 0 Å². The maximum absolute atomic E-state index is 5.67. The third-order valence-electron chi connectivity index (χ3n) is 2.28. The number of hydrogen-bond acceptors (Lipinski definition) is 4. The van der Waals surface area contributed by atoms with Crippen LogP contribution in [0.15, 0.2) is 28.7 Å². The first-order valence-electron chi connectivity index (χ1n) is 5.30. The number of alkyl halides is 1. The first-order chi connectivity index (χ1) is 8.19. The number of aromatic nitrogens is 2. The maximum atomic E-state index is 5.67. The first-order valence-corrected chi connectivity index (χ1v) is 5.84. The van der Waals surface area contributed by atoms with E-state index >= 15 is 0 Å². The molecule has 2 aromatic rings. The summed E-state index contributed by atoms with van der Waals surface area (Å²) < 4.78 is 11.0. The molecular weight excluding hydrogens is 240 g/mol. The van der Waals surface area contributed by atoms with Gasteiger partial charge in [0.15, 0.2) is 6.10 Å². The van der Waals surface area contributed by atoms with Crippen molar-refractivity contribution >= 4 is 11.6 Å². The number of aryl methyl sites for hydroxylation is 1. The van der Waals surface area contributed by atoms with Crippen LogP contribution >= 0.6 is 11.6 Å². The molecule has 0 radical (unpaired) electrons. The summed E-state index contributed by atoms with van der Waals surface area (Å²) in [5, 5.41) is 7.66. The summed E-state index contributed by atoms with van der Waals surface area (Å²) in [5.41, 5.74) is 1.19. The number of benzene rings is 1. The predicted molar refractivity (Wildman–Crippen MR) is 64.1 cm³/mol. The minimum Gasteiger partial charge on any atom is -0.481 e. The second-order valence-electron chi connectivity index (χ2n) is 3.74. The Morgan fingerprint density at radius 1 is 1.29 bits per heavy atom. The molecule has 90 valence electrons. The van der Waals surface area contributed by atoms with Gasteiger partial charge in [0.1, 0.15) is 11.6 Å². The summed E-state index contributed by atoms with van der Waals surface area (Å²) in [4.78, 5) is 0. The minimum atomic E-state index is -0.290. The molecular formula is C12H13ClN2O2. The fourth-order valence-corrected chi connectivity index (χ4v) is 1.46. The number of rotatable bonds is 4. The molecule has 4 nitrogen and oxygen atoms in total. The van der Waals surface area contributed by atoms with Gasteiger partial charge in [0.25, 0.3) is 5.89 Å². The monoisotopic (exact) mass is 252 g/mol. The van der Waals surface area contributed by atoms with E-state index in [1.54, 1.807) is 0 Å². The molecule has 2 rings (SSSR count). The molecule has 0 bridgehead atoms. The highest BCUT2D eigenvalue weighted by Gasteiger charge is 2.15. The third kappa shape index (κ3) is 2.97. The Kier molecular flexibility index (Phi) is 3.64. The highest BCUT2D eigenvalue weighted by Crippen LogP contribution is 2.21. The van der Waals surface area contributed by atoms with Gasteiger partial charge in [0.2, 0.25) is 5.89 Å². The molecule has 1 aromatic heterocycles. The van der Waals surface area contributed by atoms with Gasteiger partial charge in [-0.25, -0.2) is 0 Å². The molecule has 0 aliphatic rings. The Bertz CT molecular complexity index is 482. The highest BCUT2D eigenvalue weighted by atomic mass is 35.5. The Labute approximate surface area is 105 Å². The standard InChI is InChI=1S/C12H13ClN2O2/c1-8-3-5-10(6-4-8)16-9(2)12-15-14-11(7-13)17-12/h3-6,9H,7H2,1-2H3. The molecule has 0 spiro atoms.